The number of nitrogens with zero attached hydrogens (tertiary/aromatic N) is 2. The Labute approximate surface area is 67.6 Å². The van der Waals surface area contributed by atoms with Gasteiger partial charge in [-0.25, -0.2) is 0 Å². The van der Waals surface area contributed by atoms with Crippen molar-refractivity contribution < 1.29 is 4.70 Å². The molecule has 2 aliphatic rings. The van der Waals surface area contributed by atoms with Crippen LogP contribution in [0.15, 0.2) is 16.4 Å². The number of allylic oxidation sites excluding steroid dienone is 1. The summed E-state index contributed by atoms with van der Waals surface area (Å²) in [5.74, 6) is 0. The molecule has 0 fully saturated rings. The highest BCUT2D eigenvalue weighted by Gasteiger charge is 2.31. The predicted molar refractivity (Wildman–Crippen MR) is 43.6 cm³/mol. The summed E-state index contributed by atoms with van der Waals surface area (Å²) in [6.45, 7) is 2.20. The molecule has 0 amide bonds. The van der Waals surface area contributed by atoms with Crippen LogP contribution < -0.4 is 0 Å². The smallest absolute Gasteiger partial charge is 0.0953 e. The Morgan fingerprint density at radius 2 is 2.09 bits per heavy atom. The maximum Gasteiger partial charge on any atom is 0.209 e. The fraction of sp³-hybridized carbons (Fsp3) is 0.778. The molecule has 11 heavy (non-hydrogen) atoms. The zero-order chi connectivity index (χ0) is 7.84. The van der Waals surface area contributed by atoms with Crippen LogP contribution in [-0.4, -0.2) is 17.8 Å². The average molecular weight is 151 g/mol. The third-order valence-corrected chi connectivity index (χ3v) is 2.72. The van der Waals surface area contributed by atoms with E-state index in [-0.39, 0.29) is 0 Å². The van der Waals surface area contributed by atoms with Crippen LogP contribution in [0.1, 0.15) is 32.6 Å². The van der Waals surface area contributed by atoms with Gasteiger partial charge in [-0.15, -0.1) is 0 Å². The highest BCUT2D eigenvalue weighted by atomic mass is 15.3. The molecule has 1 heterocycles. The molecule has 1 aliphatic heterocycles. The van der Waals surface area contributed by atoms with Crippen molar-refractivity contribution in [1.29, 1.82) is 0 Å². The Hall–Kier alpha value is -0.660. The second-order valence-electron chi connectivity index (χ2n) is 3.49. The molecule has 0 radical (unpaired) electrons. The zero-order valence-electron chi connectivity index (χ0n) is 7.30. The van der Waals surface area contributed by atoms with Crippen molar-refractivity contribution in [2.45, 2.75) is 38.6 Å². The van der Waals surface area contributed by atoms with Crippen LogP contribution in [0, 0.1) is 0 Å². The van der Waals surface area contributed by atoms with Crippen molar-refractivity contribution >= 4 is 0 Å². The first-order chi connectivity index (χ1) is 5.29. The Morgan fingerprint density at radius 1 is 1.36 bits per heavy atom. The number of rotatable bonds is 0. The van der Waals surface area contributed by atoms with Gasteiger partial charge in [0.1, 0.15) is 6.04 Å². The van der Waals surface area contributed by atoms with E-state index in [9.17, 15) is 0 Å². The lowest BCUT2D eigenvalue weighted by Crippen LogP contribution is -2.06. The lowest BCUT2D eigenvalue weighted by Gasteiger charge is -2.09. The Morgan fingerprint density at radius 3 is 2.82 bits per heavy atom. The van der Waals surface area contributed by atoms with Gasteiger partial charge in [0.2, 0.25) is 5.70 Å². The van der Waals surface area contributed by atoms with Crippen molar-refractivity contribution in [1.82, 2.24) is 0 Å². The normalized spacial score (nSPS) is 30.4. The SMILES string of the molecule is CC1N=[N+](C)C2=C1CCCC2. The van der Waals surface area contributed by atoms with Crippen LogP contribution in [0.5, 0.6) is 0 Å². The molecule has 0 N–H and O–H groups in total. The molecular weight excluding hydrogens is 136 g/mol. The standard InChI is InChI=1S/C9H15N2/c1-7-8-5-3-4-6-9(8)11(2)10-7/h7H,3-6H2,1-2H3/q+1. The molecule has 1 aliphatic carbocycles. The minimum absolute atomic E-state index is 0.468. The van der Waals surface area contributed by atoms with Gasteiger partial charge in [0.05, 0.1) is 0 Å². The van der Waals surface area contributed by atoms with E-state index in [0.717, 1.165) is 0 Å². The van der Waals surface area contributed by atoms with Gasteiger partial charge >= 0.3 is 0 Å². The first-order valence-electron chi connectivity index (χ1n) is 4.45. The van der Waals surface area contributed by atoms with Crippen molar-refractivity contribution in [2.75, 3.05) is 7.05 Å². The molecule has 2 nitrogen and oxygen atoms in total. The van der Waals surface area contributed by atoms with Crippen LogP contribution in [0.3, 0.4) is 0 Å². The summed E-state index contributed by atoms with van der Waals surface area (Å²) in [6.07, 6.45) is 5.25. The molecule has 0 spiro atoms. The van der Waals surface area contributed by atoms with E-state index in [1.807, 2.05) is 0 Å². The van der Waals surface area contributed by atoms with Crippen molar-refractivity contribution in [2.24, 2.45) is 5.11 Å². The van der Waals surface area contributed by atoms with Crippen LogP contribution in [0.4, 0.5) is 0 Å². The molecule has 0 aromatic rings. The van der Waals surface area contributed by atoms with Crippen molar-refractivity contribution in [3.05, 3.63) is 11.3 Å². The van der Waals surface area contributed by atoms with Gasteiger partial charge in [0.15, 0.2) is 7.05 Å². The summed E-state index contributed by atoms with van der Waals surface area (Å²) in [6, 6.07) is 0.468. The van der Waals surface area contributed by atoms with E-state index in [1.165, 1.54) is 31.4 Å². The van der Waals surface area contributed by atoms with Gasteiger partial charge < -0.3 is 0 Å². The molecule has 2 rings (SSSR count). The number of hydrogen-bond acceptors (Lipinski definition) is 1. The topological polar surface area (TPSA) is 15.4 Å². The molecule has 0 bridgehead atoms. The van der Waals surface area contributed by atoms with Gasteiger partial charge in [-0.2, -0.15) is 0 Å². The summed E-state index contributed by atoms with van der Waals surface area (Å²) >= 11 is 0. The number of hydrogen-bond donors (Lipinski definition) is 0. The van der Waals surface area contributed by atoms with Gasteiger partial charge in [0.25, 0.3) is 0 Å². The van der Waals surface area contributed by atoms with Gasteiger partial charge in [0, 0.05) is 12.0 Å². The van der Waals surface area contributed by atoms with Crippen molar-refractivity contribution in [3.63, 3.8) is 0 Å². The summed E-state index contributed by atoms with van der Waals surface area (Å²) < 4.78 is 2.08. The number of azo groups is 2. The van der Waals surface area contributed by atoms with Gasteiger partial charge in [-0.3, -0.25) is 0 Å². The van der Waals surface area contributed by atoms with E-state index < -0.39 is 0 Å². The minimum atomic E-state index is 0.468. The highest BCUT2D eigenvalue weighted by molar-refractivity contribution is 5.18. The molecule has 1 atom stereocenters. The summed E-state index contributed by atoms with van der Waals surface area (Å²) in [4.78, 5) is 0. The van der Waals surface area contributed by atoms with Crippen LogP contribution >= 0.6 is 0 Å². The van der Waals surface area contributed by atoms with E-state index in [4.69, 9.17) is 0 Å². The molecule has 60 valence electrons. The van der Waals surface area contributed by atoms with Crippen LogP contribution in [0.25, 0.3) is 0 Å². The highest BCUT2D eigenvalue weighted by Crippen LogP contribution is 2.32. The zero-order valence-corrected chi connectivity index (χ0v) is 7.30. The molecule has 0 aromatic carbocycles. The second kappa shape index (κ2) is 2.43. The molecule has 0 saturated carbocycles. The summed E-state index contributed by atoms with van der Waals surface area (Å²) in [7, 11) is 2.07. The fourth-order valence-electron chi connectivity index (χ4n) is 2.13. The lowest BCUT2D eigenvalue weighted by molar-refractivity contribution is -0.515. The molecule has 2 heteroatoms. The third-order valence-electron chi connectivity index (χ3n) is 2.72. The maximum absolute atomic E-state index is 4.49. The Kier molecular flexibility index (Phi) is 1.55. The second-order valence-corrected chi connectivity index (χ2v) is 3.49. The Balaban J connectivity index is 2.34. The Bertz CT molecular complexity index is 238. The predicted octanol–water partition coefficient (Wildman–Crippen LogP) is 2.31. The quantitative estimate of drug-likeness (QED) is 0.472. The van der Waals surface area contributed by atoms with E-state index in [2.05, 4.69) is 23.8 Å². The van der Waals surface area contributed by atoms with Crippen LogP contribution in [0.2, 0.25) is 0 Å². The maximum atomic E-state index is 4.49. The lowest BCUT2D eigenvalue weighted by atomic mass is 9.93. The first kappa shape index (κ1) is 7.01. The van der Waals surface area contributed by atoms with Gasteiger partial charge in [-0.05, 0) is 31.3 Å². The molecular formula is C9H15N2+. The average Bonchev–Trinajstić information content (AvgIpc) is 2.30. The molecule has 0 saturated heterocycles. The monoisotopic (exact) mass is 151 g/mol. The summed E-state index contributed by atoms with van der Waals surface area (Å²) in [5, 5.41) is 4.49. The fourth-order valence-corrected chi connectivity index (χ4v) is 2.13. The van der Waals surface area contributed by atoms with Gasteiger partial charge in [-0.1, -0.05) is 4.70 Å². The summed E-state index contributed by atoms with van der Waals surface area (Å²) in [5.41, 5.74) is 3.10. The van der Waals surface area contributed by atoms with E-state index >= 15 is 0 Å². The third kappa shape index (κ3) is 1.01. The minimum Gasteiger partial charge on any atom is -0.0953 e. The van der Waals surface area contributed by atoms with Crippen molar-refractivity contribution in [3.8, 4) is 0 Å². The van der Waals surface area contributed by atoms with Crippen LogP contribution in [-0.2, 0) is 0 Å². The molecule has 1 unspecified atom stereocenters. The largest absolute Gasteiger partial charge is 0.209 e. The van der Waals surface area contributed by atoms with E-state index in [1.54, 1.807) is 5.57 Å². The first-order valence-corrected chi connectivity index (χ1v) is 4.45. The molecule has 0 aromatic heterocycles. The van der Waals surface area contributed by atoms with E-state index in [0.29, 0.717) is 6.04 Å².